The van der Waals surface area contributed by atoms with Gasteiger partial charge in [-0.2, -0.15) is 0 Å². The summed E-state index contributed by atoms with van der Waals surface area (Å²) in [7, 11) is 3.16. The van der Waals surface area contributed by atoms with Crippen molar-refractivity contribution >= 4 is 27.7 Å². The summed E-state index contributed by atoms with van der Waals surface area (Å²) in [6.45, 7) is 0. The van der Waals surface area contributed by atoms with E-state index in [1.807, 2.05) is 12.3 Å². The van der Waals surface area contributed by atoms with Crippen molar-refractivity contribution in [3.05, 3.63) is 18.0 Å². The zero-order valence-electron chi connectivity index (χ0n) is 8.86. The summed E-state index contributed by atoms with van der Waals surface area (Å²) >= 11 is 4.86. The van der Waals surface area contributed by atoms with Crippen LogP contribution in [-0.2, 0) is 15.9 Å². The highest BCUT2D eigenvalue weighted by atomic mass is 79.9. The third-order valence-electron chi connectivity index (χ3n) is 1.88. The van der Waals surface area contributed by atoms with Crippen LogP contribution in [0.15, 0.2) is 17.4 Å². The van der Waals surface area contributed by atoms with E-state index < -0.39 is 4.70 Å². The summed E-state index contributed by atoms with van der Waals surface area (Å²) in [5.74, 6) is 0. The van der Waals surface area contributed by atoms with Crippen molar-refractivity contribution in [2.24, 2.45) is 0 Å². The number of thioether (sulfide) groups is 1. The molecule has 1 aromatic rings. The second-order valence-electron chi connectivity index (χ2n) is 2.78. The van der Waals surface area contributed by atoms with Gasteiger partial charge < -0.3 is 9.47 Å². The molecule has 0 aliphatic heterocycles. The highest BCUT2D eigenvalue weighted by molar-refractivity contribution is 9.10. The van der Waals surface area contributed by atoms with E-state index >= 15 is 0 Å². The zero-order valence-corrected chi connectivity index (χ0v) is 11.3. The molecule has 1 aromatic heterocycles. The Morgan fingerprint density at radius 3 is 2.67 bits per heavy atom. The highest BCUT2D eigenvalue weighted by Gasteiger charge is 2.26. The Bertz CT molecular complexity index is 321. The van der Waals surface area contributed by atoms with Gasteiger partial charge in [0.15, 0.2) is 5.16 Å². The minimum absolute atomic E-state index is 0.524. The molecular formula is C9H13BrN2O2S. The zero-order chi connectivity index (χ0) is 11.3. The molecule has 0 saturated carbocycles. The van der Waals surface area contributed by atoms with E-state index in [0.29, 0.717) is 6.42 Å². The molecule has 15 heavy (non-hydrogen) atoms. The van der Waals surface area contributed by atoms with Crippen LogP contribution in [0.1, 0.15) is 5.69 Å². The molecule has 0 atom stereocenters. The van der Waals surface area contributed by atoms with Crippen LogP contribution in [0.5, 0.6) is 0 Å². The monoisotopic (exact) mass is 292 g/mol. The fraction of sp³-hybridized carbons (Fsp3) is 0.556. The number of hydrogen-bond acceptors (Lipinski definition) is 5. The van der Waals surface area contributed by atoms with Gasteiger partial charge in [0.25, 0.3) is 0 Å². The molecule has 0 bridgehead atoms. The Morgan fingerprint density at radius 1 is 1.47 bits per heavy atom. The van der Waals surface area contributed by atoms with Crippen molar-refractivity contribution in [3.8, 4) is 0 Å². The first kappa shape index (κ1) is 12.9. The summed E-state index contributed by atoms with van der Waals surface area (Å²) in [4.78, 5) is 8.43. The second kappa shape index (κ2) is 5.79. The smallest absolute Gasteiger partial charge is 0.231 e. The molecule has 0 aliphatic carbocycles. The van der Waals surface area contributed by atoms with E-state index in [9.17, 15) is 0 Å². The Balaban J connectivity index is 2.79. The fourth-order valence-corrected chi connectivity index (χ4v) is 1.68. The van der Waals surface area contributed by atoms with Gasteiger partial charge in [-0.05, 0) is 28.3 Å². The first-order valence-electron chi connectivity index (χ1n) is 4.28. The predicted molar refractivity (Wildman–Crippen MR) is 63.2 cm³/mol. The molecule has 0 aromatic carbocycles. The molecule has 0 aliphatic rings. The van der Waals surface area contributed by atoms with Crippen molar-refractivity contribution in [1.29, 1.82) is 0 Å². The Hall–Kier alpha value is -0.170. The van der Waals surface area contributed by atoms with Gasteiger partial charge in [-0.25, -0.2) is 9.97 Å². The van der Waals surface area contributed by atoms with E-state index in [1.165, 1.54) is 11.8 Å². The Morgan fingerprint density at radius 2 is 2.13 bits per heavy atom. The first-order chi connectivity index (χ1) is 7.13. The van der Waals surface area contributed by atoms with Crippen molar-refractivity contribution in [2.45, 2.75) is 16.3 Å². The molecule has 0 spiro atoms. The molecule has 0 radical (unpaired) electrons. The van der Waals surface area contributed by atoms with Gasteiger partial charge in [0.2, 0.25) is 4.70 Å². The minimum atomic E-state index is -0.809. The van der Waals surface area contributed by atoms with Gasteiger partial charge in [-0.15, -0.1) is 0 Å². The lowest BCUT2D eigenvalue weighted by Crippen LogP contribution is -2.29. The van der Waals surface area contributed by atoms with Crippen LogP contribution in [0.3, 0.4) is 0 Å². The van der Waals surface area contributed by atoms with E-state index in [1.54, 1.807) is 20.4 Å². The quantitative estimate of drug-likeness (QED) is 0.360. The van der Waals surface area contributed by atoms with E-state index in [-0.39, 0.29) is 0 Å². The van der Waals surface area contributed by atoms with Gasteiger partial charge in [0.05, 0.1) is 12.1 Å². The molecule has 1 heterocycles. The third-order valence-corrected chi connectivity index (χ3v) is 3.37. The molecule has 6 heteroatoms. The summed E-state index contributed by atoms with van der Waals surface area (Å²) < 4.78 is 9.57. The standard InChI is InChI=1S/C9H13BrN2O2S/c1-13-9(10,14-2)6-7-4-5-11-8(12-7)15-3/h4-5H,6H2,1-3H3. The number of halogens is 1. The van der Waals surface area contributed by atoms with Crippen LogP contribution in [0, 0.1) is 0 Å². The molecule has 0 amide bonds. The number of methoxy groups -OCH3 is 2. The summed E-state index contributed by atoms with van der Waals surface area (Å²) in [6, 6.07) is 1.84. The van der Waals surface area contributed by atoms with E-state index in [4.69, 9.17) is 9.47 Å². The van der Waals surface area contributed by atoms with Crippen molar-refractivity contribution < 1.29 is 9.47 Å². The number of nitrogens with zero attached hydrogens (tertiary/aromatic N) is 2. The minimum Gasteiger partial charge on any atom is -0.344 e. The molecule has 0 fully saturated rings. The Kier molecular flexibility index (Phi) is 4.98. The average Bonchev–Trinajstić information content (AvgIpc) is 2.29. The van der Waals surface area contributed by atoms with Gasteiger partial charge >= 0.3 is 0 Å². The predicted octanol–water partition coefficient (Wildman–Crippen LogP) is 2.08. The fourth-order valence-electron chi connectivity index (χ4n) is 1.02. The first-order valence-corrected chi connectivity index (χ1v) is 6.30. The van der Waals surface area contributed by atoms with Crippen LogP contribution in [0.25, 0.3) is 0 Å². The molecule has 1 rings (SSSR count). The lowest BCUT2D eigenvalue weighted by atomic mass is 10.3. The maximum atomic E-state index is 5.19. The maximum Gasteiger partial charge on any atom is 0.231 e. The second-order valence-corrected chi connectivity index (χ2v) is 4.76. The van der Waals surface area contributed by atoms with Crippen LogP contribution >= 0.6 is 27.7 Å². The number of aromatic nitrogens is 2. The van der Waals surface area contributed by atoms with Gasteiger partial charge in [0, 0.05) is 20.4 Å². The van der Waals surface area contributed by atoms with Gasteiger partial charge in [-0.1, -0.05) is 11.8 Å². The van der Waals surface area contributed by atoms with Crippen LogP contribution in [0.4, 0.5) is 0 Å². The molecule has 0 saturated heterocycles. The van der Waals surface area contributed by atoms with Gasteiger partial charge in [-0.3, -0.25) is 0 Å². The molecule has 4 nitrogen and oxygen atoms in total. The van der Waals surface area contributed by atoms with Crippen LogP contribution < -0.4 is 0 Å². The molecule has 0 unspecified atom stereocenters. The summed E-state index contributed by atoms with van der Waals surface area (Å²) in [6.07, 6.45) is 4.19. The Labute approximate surface area is 102 Å². The van der Waals surface area contributed by atoms with Crippen molar-refractivity contribution in [1.82, 2.24) is 9.97 Å². The van der Waals surface area contributed by atoms with Gasteiger partial charge in [0.1, 0.15) is 0 Å². The molecular weight excluding hydrogens is 280 g/mol. The summed E-state index contributed by atoms with van der Waals surface area (Å²) in [5.41, 5.74) is 0.870. The average molecular weight is 293 g/mol. The number of rotatable bonds is 5. The number of alkyl halides is 1. The topological polar surface area (TPSA) is 44.2 Å². The largest absolute Gasteiger partial charge is 0.344 e. The lowest BCUT2D eigenvalue weighted by molar-refractivity contribution is -0.126. The third kappa shape index (κ3) is 3.71. The lowest BCUT2D eigenvalue weighted by Gasteiger charge is -2.23. The van der Waals surface area contributed by atoms with Crippen molar-refractivity contribution in [3.63, 3.8) is 0 Å². The highest BCUT2D eigenvalue weighted by Crippen LogP contribution is 2.24. The van der Waals surface area contributed by atoms with E-state index in [2.05, 4.69) is 25.9 Å². The van der Waals surface area contributed by atoms with E-state index in [0.717, 1.165) is 10.9 Å². The number of ether oxygens (including phenoxy) is 2. The summed E-state index contributed by atoms with van der Waals surface area (Å²) in [5, 5.41) is 0.745. The molecule has 84 valence electrons. The van der Waals surface area contributed by atoms with Crippen LogP contribution in [-0.4, -0.2) is 35.1 Å². The SMILES string of the molecule is COC(Br)(Cc1ccnc(SC)n1)OC. The number of hydrogen-bond donors (Lipinski definition) is 0. The maximum absolute atomic E-state index is 5.19. The van der Waals surface area contributed by atoms with Crippen LogP contribution in [0.2, 0.25) is 0 Å². The molecule has 0 N–H and O–H groups in total. The van der Waals surface area contributed by atoms with Crippen molar-refractivity contribution in [2.75, 3.05) is 20.5 Å². The normalized spacial score (nSPS) is 11.7.